The number of para-hydroxylation sites is 1. The van der Waals surface area contributed by atoms with Crippen molar-refractivity contribution in [3.63, 3.8) is 0 Å². The molecule has 16 heteroatoms. The molecule has 4 aliphatic rings. The van der Waals surface area contributed by atoms with Crippen LogP contribution in [0.25, 0.3) is 10.9 Å². The molecule has 3 heterocycles. The summed E-state index contributed by atoms with van der Waals surface area (Å²) < 4.78 is 47.4. The minimum absolute atomic E-state index is 0.00699. The molecule has 1 aromatic heterocycles. The van der Waals surface area contributed by atoms with Crippen molar-refractivity contribution in [2.45, 2.75) is 105 Å². The summed E-state index contributed by atoms with van der Waals surface area (Å²) >= 11 is 0. The Hall–Kier alpha value is -4.73. The highest BCUT2D eigenvalue weighted by Crippen LogP contribution is 2.46. The summed E-state index contributed by atoms with van der Waals surface area (Å²) in [6.45, 7) is -0.107. The van der Waals surface area contributed by atoms with Crippen molar-refractivity contribution in [2.75, 3.05) is 27.0 Å². The first kappa shape index (κ1) is 38.0. The van der Waals surface area contributed by atoms with Crippen LogP contribution in [-0.2, 0) is 38.4 Å². The predicted octanol–water partition coefficient (Wildman–Crippen LogP) is 3.38. The van der Waals surface area contributed by atoms with Crippen molar-refractivity contribution in [1.82, 2.24) is 20.5 Å². The molecule has 286 valence electrons. The molecule has 3 fully saturated rings. The molecule has 3 amide bonds. The maximum atomic E-state index is 14.5. The summed E-state index contributed by atoms with van der Waals surface area (Å²) in [6.07, 6.45) is 10.2. The van der Waals surface area contributed by atoms with Crippen LogP contribution >= 0.6 is 0 Å². The molecular formula is C37H46N4O11S. The summed E-state index contributed by atoms with van der Waals surface area (Å²) in [5.74, 6) is -2.72. The van der Waals surface area contributed by atoms with Gasteiger partial charge in [-0.25, -0.2) is 27.8 Å². The van der Waals surface area contributed by atoms with E-state index in [1.54, 1.807) is 6.07 Å². The maximum absolute atomic E-state index is 14.5. The minimum Gasteiger partial charge on any atom is -0.488 e. The molecule has 0 bridgehead atoms. The van der Waals surface area contributed by atoms with E-state index in [-0.39, 0.29) is 52.2 Å². The van der Waals surface area contributed by atoms with Gasteiger partial charge in [-0.1, -0.05) is 31.1 Å². The number of carbonyl (C=O) groups is 5. The normalized spacial score (nSPS) is 27.3. The molecule has 2 aliphatic carbocycles. The Labute approximate surface area is 308 Å². The third-order valence-electron chi connectivity index (χ3n) is 10.5. The van der Waals surface area contributed by atoms with Crippen LogP contribution in [0.2, 0.25) is 0 Å². The number of fused-ring (bicyclic) bond motifs is 3. The van der Waals surface area contributed by atoms with E-state index in [0.29, 0.717) is 19.3 Å². The zero-order valence-corrected chi connectivity index (χ0v) is 30.9. The van der Waals surface area contributed by atoms with Crippen molar-refractivity contribution in [2.24, 2.45) is 5.92 Å². The number of carbonyl (C=O) groups excluding carboxylic acids is 5. The number of pyridine rings is 1. The first-order valence-electron chi connectivity index (χ1n) is 18.1. The molecule has 1 unspecified atom stereocenters. The summed E-state index contributed by atoms with van der Waals surface area (Å²) in [6, 6.07) is 3.68. The van der Waals surface area contributed by atoms with Crippen LogP contribution in [0.4, 0.5) is 4.79 Å². The van der Waals surface area contributed by atoms with Crippen LogP contribution in [0.15, 0.2) is 41.3 Å². The van der Waals surface area contributed by atoms with E-state index in [2.05, 4.69) is 15.6 Å². The summed E-state index contributed by atoms with van der Waals surface area (Å²) in [7, 11) is -1.37. The number of benzene rings is 1. The van der Waals surface area contributed by atoms with E-state index in [0.717, 1.165) is 51.2 Å². The molecule has 6 rings (SSSR count). The molecular weight excluding hydrogens is 708 g/mol. The molecule has 1 saturated heterocycles. The highest BCUT2D eigenvalue weighted by Gasteiger charge is 2.62. The number of hydrogen-bond donors (Lipinski definition) is 2. The van der Waals surface area contributed by atoms with Gasteiger partial charge in [0.1, 0.15) is 35.6 Å². The highest BCUT2D eigenvalue weighted by atomic mass is 32.2. The number of nitrogens with zero attached hydrogens (tertiary/aromatic N) is 2. The average Bonchev–Trinajstić information content (AvgIpc) is 3.41. The Morgan fingerprint density at radius 3 is 2.47 bits per heavy atom. The lowest BCUT2D eigenvalue weighted by Gasteiger charge is -2.29. The van der Waals surface area contributed by atoms with Crippen LogP contribution in [0.1, 0.15) is 81.1 Å². The number of sulfone groups is 1. The average molecular weight is 755 g/mol. The maximum Gasteiger partial charge on any atom is 0.408 e. The lowest BCUT2D eigenvalue weighted by Crippen LogP contribution is -2.56. The summed E-state index contributed by atoms with van der Waals surface area (Å²) in [4.78, 5) is 73.0. The van der Waals surface area contributed by atoms with Crippen LogP contribution in [0, 0.1) is 5.92 Å². The number of methoxy groups -OCH3 is 2. The number of aromatic nitrogens is 1. The van der Waals surface area contributed by atoms with Gasteiger partial charge in [-0.15, -0.1) is 0 Å². The monoisotopic (exact) mass is 754 g/mol. The number of hydrogen-bond acceptors (Lipinski definition) is 12. The Balaban J connectivity index is 1.35. The van der Waals surface area contributed by atoms with Crippen molar-refractivity contribution < 1.29 is 51.3 Å². The SMILES string of the molecule is COC(=O)c1cc(O[C@@H]2C[C@H]3C(=O)N[C@]4(C(=O)OC)CC4/C=C\CCCCC[C@H](NC(=O)OC4CCCC4)C(=O)N3C2)c2cccc(S(C)(=O)=O)c2n1. The van der Waals surface area contributed by atoms with Crippen molar-refractivity contribution in [3.8, 4) is 5.75 Å². The standard InChI is InChI=1S/C37H46N4O11S/c1-49-34(44)27-19-29(25-15-11-17-30(31(25)38-27)53(3,47)48)51-24-18-28-32(42)40-37(35(45)50-2)20-22(37)12-7-5-4-6-8-16-26(33(43)41(28)21-24)39-36(46)52-23-13-9-10-14-23/h7,11-12,15,17,19,22-24,26,28H,4-6,8-10,13-14,16,18,20-21H2,1-3H3,(H,39,46)(H,40,42)/b12-7-/t22?,24-,26+,28+,37-/m1/s1. The third-order valence-corrected chi connectivity index (χ3v) is 11.6. The van der Waals surface area contributed by atoms with Gasteiger partial charge in [-0.2, -0.15) is 0 Å². The fourth-order valence-corrected chi connectivity index (χ4v) is 8.46. The van der Waals surface area contributed by atoms with E-state index in [4.69, 9.17) is 18.9 Å². The second kappa shape index (κ2) is 15.7. The third kappa shape index (κ3) is 8.26. The Morgan fingerprint density at radius 2 is 1.75 bits per heavy atom. The molecule has 0 radical (unpaired) electrons. The van der Waals surface area contributed by atoms with Crippen LogP contribution in [-0.4, -0.2) is 105 Å². The van der Waals surface area contributed by atoms with Gasteiger partial charge >= 0.3 is 18.0 Å². The van der Waals surface area contributed by atoms with Gasteiger partial charge in [0.2, 0.25) is 11.8 Å². The molecule has 0 spiro atoms. The van der Waals surface area contributed by atoms with Crippen molar-refractivity contribution in [3.05, 3.63) is 42.1 Å². The molecule has 2 N–H and O–H groups in total. The predicted molar refractivity (Wildman–Crippen MR) is 190 cm³/mol. The quantitative estimate of drug-likeness (QED) is 0.238. The van der Waals surface area contributed by atoms with Crippen LogP contribution in [0.3, 0.4) is 0 Å². The fourth-order valence-electron chi connectivity index (χ4n) is 7.63. The second-order valence-corrected chi connectivity index (χ2v) is 16.2. The molecule has 2 saturated carbocycles. The molecule has 1 aromatic carbocycles. The van der Waals surface area contributed by atoms with Gasteiger partial charge in [-0.05, 0) is 63.5 Å². The molecule has 15 nitrogen and oxygen atoms in total. The second-order valence-electron chi connectivity index (χ2n) is 14.2. The first-order valence-corrected chi connectivity index (χ1v) is 20.0. The van der Waals surface area contributed by atoms with E-state index >= 15 is 0 Å². The number of nitrogens with one attached hydrogen (secondary N) is 2. The molecule has 5 atom stereocenters. The van der Waals surface area contributed by atoms with Gasteiger partial charge in [0.25, 0.3) is 0 Å². The number of rotatable bonds is 7. The number of esters is 2. The van der Waals surface area contributed by atoms with Gasteiger partial charge in [0, 0.05) is 30.0 Å². The zero-order chi connectivity index (χ0) is 37.9. The fraction of sp³-hybridized carbons (Fsp3) is 0.568. The topological polar surface area (TPSA) is 197 Å². The Morgan fingerprint density at radius 1 is 1.00 bits per heavy atom. The first-order chi connectivity index (χ1) is 25.3. The molecule has 2 aliphatic heterocycles. The zero-order valence-electron chi connectivity index (χ0n) is 30.1. The van der Waals surface area contributed by atoms with Crippen LogP contribution in [0.5, 0.6) is 5.75 Å². The van der Waals surface area contributed by atoms with Gasteiger partial charge in [0.15, 0.2) is 15.5 Å². The molecule has 2 aromatic rings. The van der Waals surface area contributed by atoms with Gasteiger partial charge < -0.3 is 34.5 Å². The summed E-state index contributed by atoms with van der Waals surface area (Å²) in [5, 5.41) is 5.95. The number of ether oxygens (including phenoxy) is 4. The van der Waals surface area contributed by atoms with Crippen molar-refractivity contribution in [1.29, 1.82) is 0 Å². The summed E-state index contributed by atoms with van der Waals surface area (Å²) in [5.41, 5.74) is -1.50. The number of allylic oxidation sites excluding steroid dienone is 1. The Kier molecular flexibility index (Phi) is 11.3. The lowest BCUT2D eigenvalue weighted by molar-refractivity contribution is -0.148. The highest BCUT2D eigenvalue weighted by molar-refractivity contribution is 7.91. The van der Waals surface area contributed by atoms with Gasteiger partial charge in [-0.3, -0.25) is 9.59 Å². The van der Waals surface area contributed by atoms with E-state index < -0.39 is 63.4 Å². The lowest BCUT2D eigenvalue weighted by atomic mass is 10.0. The van der Waals surface area contributed by atoms with E-state index in [9.17, 15) is 32.4 Å². The number of alkyl carbamates (subject to hydrolysis) is 1. The van der Waals surface area contributed by atoms with E-state index in [1.807, 2.05) is 12.2 Å². The number of amides is 3. The molecule has 53 heavy (non-hydrogen) atoms. The smallest absolute Gasteiger partial charge is 0.408 e. The minimum atomic E-state index is -3.79. The van der Waals surface area contributed by atoms with Crippen molar-refractivity contribution >= 4 is 50.6 Å². The Bertz CT molecular complexity index is 1910. The van der Waals surface area contributed by atoms with E-state index in [1.165, 1.54) is 37.3 Å². The largest absolute Gasteiger partial charge is 0.488 e. The van der Waals surface area contributed by atoms with Crippen LogP contribution < -0.4 is 15.4 Å². The van der Waals surface area contributed by atoms with Gasteiger partial charge in [0.05, 0.1) is 31.2 Å².